The van der Waals surface area contributed by atoms with Crippen molar-refractivity contribution < 1.29 is 32.2 Å². The van der Waals surface area contributed by atoms with Gasteiger partial charge >= 0.3 is 12.1 Å². The minimum Gasteiger partial charge on any atom is -0.463 e. The van der Waals surface area contributed by atoms with E-state index in [4.69, 9.17) is 9.47 Å². The Labute approximate surface area is 203 Å². The Hall–Kier alpha value is -3.09. The van der Waals surface area contributed by atoms with Gasteiger partial charge in [-0.15, -0.1) is 11.3 Å². The van der Waals surface area contributed by atoms with Crippen LogP contribution in [0.5, 0.6) is 0 Å². The Morgan fingerprint density at radius 1 is 1.37 bits per heavy atom. The number of benzene rings is 1. The number of hydrogen-bond donors (Lipinski definition) is 1. The smallest absolute Gasteiger partial charge is 0.416 e. The highest BCUT2D eigenvalue weighted by atomic mass is 32.1. The third kappa shape index (κ3) is 5.44. The van der Waals surface area contributed by atoms with Crippen LogP contribution < -0.4 is 5.32 Å². The first-order valence-corrected chi connectivity index (χ1v) is 11.8. The minimum atomic E-state index is -4.66. The zero-order valence-corrected chi connectivity index (χ0v) is 19.6. The highest BCUT2D eigenvalue weighted by Crippen LogP contribution is 2.40. The molecule has 0 bridgehead atoms. The molecule has 3 heterocycles. The molecule has 186 valence electrons. The molecule has 2 aromatic rings. The fourth-order valence-corrected chi connectivity index (χ4v) is 4.61. The van der Waals surface area contributed by atoms with Crippen LogP contribution in [0.2, 0.25) is 0 Å². The van der Waals surface area contributed by atoms with E-state index in [1.54, 1.807) is 23.4 Å². The molecule has 8 nitrogen and oxygen atoms in total. The van der Waals surface area contributed by atoms with Crippen LogP contribution in [0.4, 0.5) is 13.2 Å². The van der Waals surface area contributed by atoms with Crippen LogP contribution >= 0.6 is 11.3 Å². The maximum Gasteiger partial charge on any atom is 0.416 e. The number of nitrogens with one attached hydrogen (secondary N) is 1. The molecule has 1 N–H and O–H groups in total. The summed E-state index contributed by atoms with van der Waals surface area (Å²) in [5, 5.41) is 5.26. The zero-order chi connectivity index (χ0) is 25.0. The molecule has 0 spiro atoms. The van der Waals surface area contributed by atoms with Gasteiger partial charge in [0, 0.05) is 30.4 Å². The van der Waals surface area contributed by atoms with E-state index < -0.39 is 29.8 Å². The van der Waals surface area contributed by atoms with E-state index in [1.165, 1.54) is 29.5 Å². The van der Waals surface area contributed by atoms with Gasteiger partial charge in [0.15, 0.2) is 10.8 Å². The second-order valence-electron chi connectivity index (χ2n) is 7.79. The van der Waals surface area contributed by atoms with E-state index in [-0.39, 0.29) is 36.7 Å². The predicted molar refractivity (Wildman–Crippen MR) is 122 cm³/mol. The molecule has 35 heavy (non-hydrogen) atoms. The summed E-state index contributed by atoms with van der Waals surface area (Å²) < 4.78 is 52.5. The molecule has 0 aliphatic carbocycles. The molecule has 1 aromatic heterocycles. The Morgan fingerprint density at radius 2 is 2.17 bits per heavy atom. The van der Waals surface area contributed by atoms with Gasteiger partial charge in [0.05, 0.1) is 37.0 Å². The largest absolute Gasteiger partial charge is 0.463 e. The lowest BCUT2D eigenvalue weighted by atomic mass is 9.91. The normalized spacial score (nSPS) is 21.3. The average molecular weight is 509 g/mol. The zero-order valence-electron chi connectivity index (χ0n) is 18.7. The van der Waals surface area contributed by atoms with Crippen LogP contribution in [0.25, 0.3) is 0 Å². The fourth-order valence-electron chi connectivity index (χ4n) is 4.02. The van der Waals surface area contributed by atoms with Crippen molar-refractivity contribution in [2.75, 3.05) is 32.9 Å². The van der Waals surface area contributed by atoms with Crippen molar-refractivity contribution in [2.45, 2.75) is 25.2 Å². The van der Waals surface area contributed by atoms with Crippen molar-refractivity contribution in [1.82, 2.24) is 15.2 Å². The van der Waals surface area contributed by atoms with Crippen molar-refractivity contribution in [3.63, 3.8) is 0 Å². The Balaban J connectivity index is 1.88. The number of aliphatic imine (C=N–C) groups is 1. The van der Waals surface area contributed by atoms with Crippen LogP contribution in [0.15, 0.2) is 52.1 Å². The van der Waals surface area contributed by atoms with Crippen molar-refractivity contribution in [3.05, 3.63) is 63.2 Å². The van der Waals surface area contributed by atoms with Gasteiger partial charge in [-0.1, -0.05) is 18.2 Å². The van der Waals surface area contributed by atoms with E-state index in [0.717, 1.165) is 12.4 Å². The molecule has 12 heteroatoms. The average Bonchev–Trinajstić information content (AvgIpc) is 3.39. The van der Waals surface area contributed by atoms with Crippen LogP contribution in [-0.2, 0) is 25.2 Å². The first-order chi connectivity index (χ1) is 16.8. The van der Waals surface area contributed by atoms with Gasteiger partial charge < -0.3 is 19.6 Å². The number of hydrogen-bond acceptors (Lipinski definition) is 9. The third-order valence-corrected chi connectivity index (χ3v) is 6.40. The van der Waals surface area contributed by atoms with Crippen molar-refractivity contribution in [3.8, 4) is 0 Å². The van der Waals surface area contributed by atoms with E-state index in [0.29, 0.717) is 23.9 Å². The van der Waals surface area contributed by atoms with Gasteiger partial charge in [-0.25, -0.2) is 9.78 Å². The molecular weight excluding hydrogens is 485 g/mol. The quantitative estimate of drug-likeness (QED) is 0.454. The fraction of sp³-hybridized carbons (Fsp3) is 0.391. The highest BCUT2D eigenvalue weighted by Gasteiger charge is 2.40. The second-order valence-corrected chi connectivity index (χ2v) is 8.68. The number of ether oxygens (including phenoxy) is 2. The number of halogens is 3. The van der Waals surface area contributed by atoms with Gasteiger partial charge in [-0.05, 0) is 18.6 Å². The number of morpholine rings is 1. The lowest BCUT2D eigenvalue weighted by Gasteiger charge is -2.35. The number of aldehydes is 1. The summed E-state index contributed by atoms with van der Waals surface area (Å²) >= 11 is 1.25. The van der Waals surface area contributed by atoms with E-state index in [9.17, 15) is 22.8 Å². The van der Waals surface area contributed by atoms with E-state index in [2.05, 4.69) is 15.3 Å². The monoisotopic (exact) mass is 508 g/mol. The van der Waals surface area contributed by atoms with Crippen LogP contribution in [0.1, 0.15) is 29.1 Å². The van der Waals surface area contributed by atoms with Crippen LogP contribution in [-0.4, -0.2) is 66.9 Å². The summed E-state index contributed by atoms with van der Waals surface area (Å²) in [6.45, 7) is 2.68. The number of amidine groups is 1. The molecule has 0 radical (unpaired) electrons. The van der Waals surface area contributed by atoms with Gasteiger partial charge in [0.25, 0.3) is 0 Å². The molecule has 2 aliphatic rings. The van der Waals surface area contributed by atoms with Crippen molar-refractivity contribution in [1.29, 1.82) is 0 Å². The number of esters is 1. The number of thiazole rings is 1. The van der Waals surface area contributed by atoms with E-state index in [1.807, 2.05) is 0 Å². The number of alkyl halides is 3. The maximum absolute atomic E-state index is 13.9. The topological polar surface area (TPSA) is 93.1 Å². The molecule has 2 unspecified atom stereocenters. The van der Waals surface area contributed by atoms with E-state index >= 15 is 0 Å². The number of rotatable bonds is 7. The lowest BCUT2D eigenvalue weighted by Crippen LogP contribution is -2.49. The summed E-state index contributed by atoms with van der Waals surface area (Å²) in [6.07, 6.45) is -2.36. The first kappa shape index (κ1) is 25.0. The molecule has 1 saturated heterocycles. The maximum atomic E-state index is 13.9. The summed E-state index contributed by atoms with van der Waals surface area (Å²) in [6, 6.07) is 3.17. The summed E-state index contributed by atoms with van der Waals surface area (Å²) in [7, 11) is 0. The van der Waals surface area contributed by atoms with Crippen molar-refractivity contribution >= 4 is 29.4 Å². The van der Waals surface area contributed by atoms with Gasteiger partial charge in [0.2, 0.25) is 0 Å². The summed E-state index contributed by atoms with van der Waals surface area (Å²) in [5.41, 5.74) is -0.808. The predicted octanol–water partition coefficient (Wildman–Crippen LogP) is 2.97. The lowest BCUT2D eigenvalue weighted by molar-refractivity contribution is -0.140. The Bertz CT molecular complexity index is 1130. The Kier molecular flexibility index (Phi) is 7.63. The highest BCUT2D eigenvalue weighted by molar-refractivity contribution is 7.11. The molecule has 0 amide bonds. The number of carbonyl (C=O) groups excluding carboxylic acids is 2. The number of aromatic nitrogens is 1. The van der Waals surface area contributed by atoms with Gasteiger partial charge in [0.1, 0.15) is 12.3 Å². The molecule has 1 aromatic carbocycles. The molecule has 0 saturated carbocycles. The molecule has 2 aliphatic heterocycles. The molecule has 4 rings (SSSR count). The van der Waals surface area contributed by atoms with Crippen molar-refractivity contribution in [2.24, 2.45) is 4.99 Å². The standard InChI is InChI=1S/C23H23F3N4O4S/c1-2-34-22(32)18-17(11-30-8-9-33-13-14(30)12-31)28-20(21-27-7-10-35-21)29-19(18)15-5-3-4-6-16(15)23(24,25)26/h3-7,10,12,14,19H,2,8-9,11,13H2,1H3,(H,28,29). The van der Waals surface area contributed by atoms with Gasteiger partial charge in [-0.3, -0.25) is 9.89 Å². The number of carbonyl (C=O) groups is 2. The molecular formula is C23H23F3N4O4S. The SMILES string of the molecule is CCOC(=O)C1=C(CN2CCOCC2C=O)NC(c2nccs2)=NC1c1ccccc1C(F)(F)F. The second kappa shape index (κ2) is 10.7. The molecule has 1 fully saturated rings. The van der Waals surface area contributed by atoms with Crippen LogP contribution in [0, 0.1) is 0 Å². The number of nitrogens with zero attached hydrogens (tertiary/aromatic N) is 3. The van der Waals surface area contributed by atoms with Gasteiger partial charge in [-0.2, -0.15) is 13.2 Å². The summed E-state index contributed by atoms with van der Waals surface area (Å²) in [5.74, 6) is -0.546. The minimum absolute atomic E-state index is 0.0286. The molecule has 2 atom stereocenters. The summed E-state index contributed by atoms with van der Waals surface area (Å²) in [4.78, 5) is 35.3. The van der Waals surface area contributed by atoms with Crippen LogP contribution in [0.3, 0.4) is 0 Å². The third-order valence-electron chi connectivity index (χ3n) is 5.62. The Morgan fingerprint density at radius 3 is 2.86 bits per heavy atom. The first-order valence-electron chi connectivity index (χ1n) is 10.9.